The van der Waals surface area contributed by atoms with Crippen LogP contribution in [0, 0.1) is 0 Å². The van der Waals surface area contributed by atoms with Gasteiger partial charge in [-0.15, -0.1) is 0 Å². The van der Waals surface area contributed by atoms with E-state index in [1.54, 1.807) is 11.0 Å². The van der Waals surface area contributed by atoms with Crippen molar-refractivity contribution in [2.75, 3.05) is 0 Å². The summed E-state index contributed by atoms with van der Waals surface area (Å²) in [6.45, 7) is 4.20. The average Bonchev–Trinajstić information content (AvgIpc) is 3.12. The Balaban J connectivity index is 1.24. The Morgan fingerprint density at radius 1 is 1.09 bits per heavy atom. The molecule has 2 aliphatic heterocycles. The van der Waals surface area contributed by atoms with Gasteiger partial charge in [0.25, 0.3) is 5.91 Å². The van der Waals surface area contributed by atoms with Crippen LogP contribution in [0.5, 0.6) is 5.75 Å². The van der Waals surface area contributed by atoms with Crippen LogP contribution in [-0.2, 0) is 11.3 Å². The Morgan fingerprint density at radius 2 is 1.85 bits per heavy atom. The summed E-state index contributed by atoms with van der Waals surface area (Å²) >= 11 is 0. The Labute approximate surface area is 199 Å². The van der Waals surface area contributed by atoms with Gasteiger partial charge in [-0.25, -0.2) is 8.78 Å². The third-order valence-electron chi connectivity index (χ3n) is 7.76. The molecule has 8 heteroatoms. The molecule has 6 nitrogen and oxygen atoms in total. The Bertz CT molecular complexity index is 972. The molecule has 3 fully saturated rings. The molecule has 4 aliphatic rings. The lowest BCUT2D eigenvalue weighted by atomic mass is 9.88. The highest BCUT2D eigenvalue weighted by Crippen LogP contribution is 2.35. The van der Waals surface area contributed by atoms with Gasteiger partial charge in [0.05, 0.1) is 0 Å². The molecule has 2 saturated carbocycles. The number of carbonyl (C=O) groups is 2. The fourth-order valence-corrected chi connectivity index (χ4v) is 5.82. The molecule has 1 aromatic carbocycles. The molecular weight excluding hydrogens is 440 g/mol. The van der Waals surface area contributed by atoms with Crippen LogP contribution in [0.1, 0.15) is 80.1 Å². The first kappa shape index (κ1) is 23.3. The van der Waals surface area contributed by atoms with E-state index < -0.39 is 12.0 Å². The van der Waals surface area contributed by atoms with Gasteiger partial charge < -0.3 is 20.3 Å². The monoisotopic (exact) mass is 473 g/mol. The number of fused-ring (bicyclic) bond motifs is 1. The van der Waals surface area contributed by atoms with Crippen LogP contribution in [0.2, 0.25) is 0 Å². The summed E-state index contributed by atoms with van der Waals surface area (Å²) in [5, 5.41) is 6.37. The summed E-state index contributed by atoms with van der Waals surface area (Å²) in [6.07, 6.45) is 6.16. The normalized spacial score (nSPS) is 29.6. The molecule has 2 amide bonds. The summed E-state index contributed by atoms with van der Waals surface area (Å²) in [6, 6.07) is 5.30. The second kappa shape index (κ2) is 9.29. The zero-order valence-corrected chi connectivity index (χ0v) is 19.5. The predicted octanol–water partition coefficient (Wildman–Crippen LogP) is 4.29. The zero-order valence-electron chi connectivity index (χ0n) is 19.5. The van der Waals surface area contributed by atoms with Gasteiger partial charge in [-0.05, 0) is 68.7 Å². The number of amides is 2. The van der Waals surface area contributed by atoms with E-state index in [0.29, 0.717) is 49.2 Å². The second-order valence-electron chi connectivity index (χ2n) is 10.2. The predicted molar refractivity (Wildman–Crippen MR) is 124 cm³/mol. The molecule has 3 atom stereocenters. The third kappa shape index (κ3) is 4.83. The van der Waals surface area contributed by atoms with E-state index in [1.165, 1.54) is 0 Å². The van der Waals surface area contributed by atoms with Gasteiger partial charge in [0.1, 0.15) is 17.9 Å². The van der Waals surface area contributed by atoms with Crippen LogP contribution in [0.4, 0.5) is 8.78 Å². The quantitative estimate of drug-likeness (QED) is 0.669. The molecule has 0 spiro atoms. The number of piperidine rings is 1. The van der Waals surface area contributed by atoms with E-state index in [1.807, 2.05) is 12.1 Å². The van der Waals surface area contributed by atoms with Gasteiger partial charge in [-0.2, -0.15) is 0 Å². The van der Waals surface area contributed by atoms with E-state index in [4.69, 9.17) is 4.74 Å². The lowest BCUT2D eigenvalue weighted by Gasteiger charge is -2.37. The second-order valence-corrected chi connectivity index (χ2v) is 10.2. The number of carbonyl (C=O) groups excluding carboxylic acids is 2. The number of hydrogen-bond acceptors (Lipinski definition) is 4. The van der Waals surface area contributed by atoms with E-state index in [0.717, 1.165) is 31.2 Å². The van der Waals surface area contributed by atoms with Gasteiger partial charge in [0.2, 0.25) is 11.8 Å². The topological polar surface area (TPSA) is 70.7 Å². The first-order valence-corrected chi connectivity index (χ1v) is 12.5. The van der Waals surface area contributed by atoms with Crippen LogP contribution in [-0.4, -0.2) is 46.9 Å². The minimum absolute atomic E-state index is 0.0300. The number of halogens is 2. The minimum atomic E-state index is -2.53. The van der Waals surface area contributed by atoms with Crippen LogP contribution < -0.4 is 15.4 Å². The van der Waals surface area contributed by atoms with Crippen molar-refractivity contribution in [3.8, 4) is 5.75 Å². The molecule has 34 heavy (non-hydrogen) atoms. The number of ether oxygens (including phenoxy) is 1. The maximum absolute atomic E-state index is 13.5. The molecule has 1 unspecified atom stereocenters. The first-order valence-electron chi connectivity index (χ1n) is 12.5. The number of alkyl halides is 2. The zero-order chi connectivity index (χ0) is 23.9. The van der Waals surface area contributed by atoms with Gasteiger partial charge in [-0.3, -0.25) is 9.59 Å². The molecular formula is C26H33F2N3O3. The molecule has 1 saturated heterocycles. The fraction of sp³-hybridized carbons (Fsp3) is 0.615. The van der Waals surface area contributed by atoms with E-state index in [-0.39, 0.29) is 42.8 Å². The van der Waals surface area contributed by atoms with Gasteiger partial charge >= 0.3 is 0 Å². The van der Waals surface area contributed by atoms with Gasteiger partial charge in [0, 0.05) is 42.7 Å². The summed E-state index contributed by atoms with van der Waals surface area (Å²) in [7, 11) is 0. The van der Waals surface area contributed by atoms with Crippen molar-refractivity contribution in [3.05, 3.63) is 41.6 Å². The third-order valence-corrected chi connectivity index (χ3v) is 7.76. The van der Waals surface area contributed by atoms with Crippen molar-refractivity contribution >= 4 is 11.8 Å². The Hall–Kier alpha value is -2.48. The number of nitrogens with one attached hydrogen (secondary N) is 2. The maximum atomic E-state index is 13.5. The van der Waals surface area contributed by atoms with Crippen molar-refractivity contribution in [1.82, 2.24) is 15.5 Å². The van der Waals surface area contributed by atoms with Gasteiger partial charge in [0.15, 0.2) is 0 Å². The highest BCUT2D eigenvalue weighted by molar-refractivity contribution is 6.01. The largest absolute Gasteiger partial charge is 0.489 e. The highest BCUT2D eigenvalue weighted by Gasteiger charge is 2.39. The number of benzene rings is 1. The number of rotatable bonds is 5. The fourth-order valence-electron chi connectivity index (χ4n) is 5.82. The van der Waals surface area contributed by atoms with Crippen LogP contribution in [0.15, 0.2) is 30.5 Å². The van der Waals surface area contributed by atoms with Crippen LogP contribution in [0.3, 0.4) is 0 Å². The maximum Gasteiger partial charge on any atom is 0.255 e. The SMILES string of the molecule is C=C1CCC(N2Cc3cc(O[C@@H]4CCCC[C@H]4NC4CCC(F)(F)CC4)ccc3C2=O)C(=O)N1. The Morgan fingerprint density at radius 3 is 2.62 bits per heavy atom. The summed E-state index contributed by atoms with van der Waals surface area (Å²) in [5.41, 5.74) is 2.18. The average molecular weight is 474 g/mol. The molecule has 2 aliphatic carbocycles. The van der Waals surface area contributed by atoms with E-state index in [9.17, 15) is 18.4 Å². The summed E-state index contributed by atoms with van der Waals surface area (Å²) in [5.74, 6) is -2.11. The molecule has 0 bridgehead atoms. The van der Waals surface area contributed by atoms with E-state index >= 15 is 0 Å². The lowest BCUT2D eigenvalue weighted by Crippen LogP contribution is -2.50. The molecule has 0 aromatic heterocycles. The smallest absolute Gasteiger partial charge is 0.255 e. The van der Waals surface area contributed by atoms with Crippen molar-refractivity contribution < 1.29 is 23.1 Å². The van der Waals surface area contributed by atoms with Crippen molar-refractivity contribution in [2.24, 2.45) is 0 Å². The minimum Gasteiger partial charge on any atom is -0.489 e. The van der Waals surface area contributed by atoms with E-state index in [2.05, 4.69) is 17.2 Å². The standard InChI is InChI=1S/C26H33F2N3O3/c1-16-6-9-22(24(32)29-16)31-15-17-14-19(7-8-20(17)25(31)33)34-23-5-3-2-4-21(23)30-18-10-12-26(27,28)13-11-18/h7-8,14,18,21-23,30H,1-6,9-13,15H2,(H,29,32)/t21-,22?,23-/m1/s1. The molecule has 184 valence electrons. The van der Waals surface area contributed by atoms with Crippen molar-refractivity contribution in [1.29, 1.82) is 0 Å². The molecule has 0 radical (unpaired) electrons. The summed E-state index contributed by atoms with van der Waals surface area (Å²) in [4.78, 5) is 27.0. The van der Waals surface area contributed by atoms with Crippen molar-refractivity contribution in [2.45, 2.75) is 101 Å². The van der Waals surface area contributed by atoms with Gasteiger partial charge in [-0.1, -0.05) is 13.0 Å². The molecule has 1 aromatic rings. The number of hydrogen-bond donors (Lipinski definition) is 2. The molecule has 2 N–H and O–H groups in total. The molecule has 2 heterocycles. The highest BCUT2D eigenvalue weighted by atomic mass is 19.3. The molecule has 5 rings (SSSR count). The van der Waals surface area contributed by atoms with Crippen LogP contribution in [0.25, 0.3) is 0 Å². The summed E-state index contributed by atoms with van der Waals surface area (Å²) < 4.78 is 33.5. The lowest BCUT2D eigenvalue weighted by molar-refractivity contribution is -0.126. The number of allylic oxidation sites excluding steroid dienone is 1. The van der Waals surface area contributed by atoms with Crippen molar-refractivity contribution in [3.63, 3.8) is 0 Å². The number of nitrogens with zero attached hydrogens (tertiary/aromatic N) is 1. The van der Waals surface area contributed by atoms with Crippen LogP contribution >= 0.6 is 0 Å². The Kier molecular flexibility index (Phi) is 6.35. The first-order chi connectivity index (χ1) is 16.3.